The van der Waals surface area contributed by atoms with Crippen LogP contribution in [0.1, 0.15) is 5.56 Å². The average Bonchev–Trinajstić information content (AvgIpc) is 3.05. The van der Waals surface area contributed by atoms with E-state index >= 15 is 0 Å². The molecule has 1 N–H and O–H groups in total. The number of hydrogen-bond acceptors (Lipinski definition) is 5. The van der Waals surface area contributed by atoms with Crippen molar-refractivity contribution in [3.63, 3.8) is 0 Å². The molecule has 2 amide bonds. The van der Waals surface area contributed by atoms with E-state index in [1.807, 2.05) is 72.8 Å². The number of rotatable bonds is 6. The van der Waals surface area contributed by atoms with Crippen molar-refractivity contribution >= 4 is 22.9 Å². The summed E-state index contributed by atoms with van der Waals surface area (Å²) in [7, 11) is 1.65. The molecule has 4 rings (SSSR count). The molecule has 0 bridgehead atoms. The summed E-state index contributed by atoms with van der Waals surface area (Å²) in [4.78, 5) is 23.1. The number of imide groups is 1. The maximum Gasteiger partial charge on any atom is 0.286 e. The minimum absolute atomic E-state index is 0.237. The van der Waals surface area contributed by atoms with Crippen LogP contribution in [0.25, 0.3) is 11.1 Å². The van der Waals surface area contributed by atoms with Gasteiger partial charge in [0, 0.05) is 0 Å². The van der Waals surface area contributed by atoms with E-state index in [2.05, 4.69) is 5.32 Å². The average molecular weight is 405 g/mol. The second-order valence-electron chi connectivity index (χ2n) is 6.59. The van der Waals surface area contributed by atoms with E-state index in [4.69, 9.17) is 9.47 Å². The Morgan fingerprint density at radius 2 is 1.59 bits per heavy atom. The Labute approximate surface area is 173 Å². The topological polar surface area (TPSA) is 64.6 Å². The van der Waals surface area contributed by atoms with Crippen molar-refractivity contribution in [2.45, 2.75) is 11.7 Å². The highest BCUT2D eigenvalue weighted by atomic mass is 32.2. The Morgan fingerprint density at radius 1 is 0.862 bits per heavy atom. The Bertz CT molecular complexity index is 1050. The van der Waals surface area contributed by atoms with Crippen LogP contribution >= 0.6 is 11.8 Å². The van der Waals surface area contributed by atoms with Gasteiger partial charge in [0.15, 0.2) is 0 Å². The van der Waals surface area contributed by atoms with Crippen LogP contribution in [0.15, 0.2) is 72.8 Å². The summed E-state index contributed by atoms with van der Waals surface area (Å²) in [6.45, 7) is 0. The van der Waals surface area contributed by atoms with Crippen molar-refractivity contribution in [2.24, 2.45) is 0 Å². The smallest absolute Gasteiger partial charge is 0.286 e. The molecule has 0 spiro atoms. The van der Waals surface area contributed by atoms with Gasteiger partial charge in [0.1, 0.15) is 17.2 Å². The van der Waals surface area contributed by atoms with Crippen molar-refractivity contribution in [2.75, 3.05) is 7.11 Å². The van der Waals surface area contributed by atoms with Crippen molar-refractivity contribution < 1.29 is 19.1 Å². The molecule has 146 valence electrons. The summed E-state index contributed by atoms with van der Waals surface area (Å²) in [5.41, 5.74) is 3.05. The zero-order valence-corrected chi connectivity index (χ0v) is 16.6. The minimum atomic E-state index is -0.392. The maximum absolute atomic E-state index is 11.8. The van der Waals surface area contributed by atoms with Crippen LogP contribution in [-0.2, 0) is 11.2 Å². The Hall–Kier alpha value is -3.25. The van der Waals surface area contributed by atoms with E-state index < -0.39 is 5.25 Å². The standard InChI is InChI=1S/C23H19NO4S/c1-27-18-10-8-16(9-11-18)17-5-3-7-20(14-17)28-19-6-2-4-15(12-19)13-21-22(25)24-23(26)29-21/h2-12,14,21H,13H2,1H3,(H,24,25,26). The highest BCUT2D eigenvalue weighted by Crippen LogP contribution is 2.30. The molecule has 1 aliphatic heterocycles. The Morgan fingerprint density at radius 3 is 2.28 bits per heavy atom. The molecule has 1 unspecified atom stereocenters. The number of thioether (sulfide) groups is 1. The largest absolute Gasteiger partial charge is 0.497 e. The fraction of sp³-hybridized carbons (Fsp3) is 0.130. The maximum atomic E-state index is 11.8. The quantitative estimate of drug-likeness (QED) is 0.622. The number of ether oxygens (including phenoxy) is 2. The van der Waals surface area contributed by atoms with E-state index in [0.29, 0.717) is 12.2 Å². The lowest BCUT2D eigenvalue weighted by molar-refractivity contribution is -0.118. The van der Waals surface area contributed by atoms with Gasteiger partial charge in [-0.25, -0.2) is 0 Å². The van der Waals surface area contributed by atoms with Gasteiger partial charge in [0.2, 0.25) is 5.91 Å². The summed E-state index contributed by atoms with van der Waals surface area (Å²) in [5, 5.41) is 1.63. The van der Waals surface area contributed by atoms with Crippen LogP contribution in [0, 0.1) is 0 Å². The fourth-order valence-corrected chi connectivity index (χ4v) is 4.00. The first-order valence-corrected chi connectivity index (χ1v) is 10.0. The summed E-state index contributed by atoms with van der Waals surface area (Å²) < 4.78 is 11.2. The number of carbonyl (C=O) groups excluding carboxylic acids is 2. The SMILES string of the molecule is COc1ccc(-c2cccc(Oc3cccc(CC4SC(=O)NC4=O)c3)c2)cc1. The molecule has 6 heteroatoms. The highest BCUT2D eigenvalue weighted by Gasteiger charge is 2.31. The van der Waals surface area contributed by atoms with Crippen LogP contribution in [0.3, 0.4) is 0 Å². The van der Waals surface area contributed by atoms with Gasteiger partial charge in [-0.2, -0.15) is 0 Å². The number of methoxy groups -OCH3 is 1. The Balaban J connectivity index is 1.49. The minimum Gasteiger partial charge on any atom is -0.497 e. The van der Waals surface area contributed by atoms with Crippen LogP contribution in [0.5, 0.6) is 17.2 Å². The van der Waals surface area contributed by atoms with E-state index in [0.717, 1.165) is 40.0 Å². The van der Waals surface area contributed by atoms with Gasteiger partial charge in [-0.15, -0.1) is 0 Å². The molecule has 0 saturated carbocycles. The van der Waals surface area contributed by atoms with Gasteiger partial charge in [0.25, 0.3) is 5.24 Å². The third-order valence-corrected chi connectivity index (χ3v) is 5.56. The first-order chi connectivity index (χ1) is 14.1. The number of benzene rings is 3. The molecular formula is C23H19NO4S. The van der Waals surface area contributed by atoms with E-state index in [-0.39, 0.29) is 11.1 Å². The zero-order chi connectivity index (χ0) is 20.2. The predicted octanol–water partition coefficient (Wildman–Crippen LogP) is 5.05. The monoisotopic (exact) mass is 405 g/mol. The van der Waals surface area contributed by atoms with Crippen LogP contribution in [-0.4, -0.2) is 23.5 Å². The number of hydrogen-bond donors (Lipinski definition) is 1. The van der Waals surface area contributed by atoms with E-state index in [1.54, 1.807) is 7.11 Å². The van der Waals surface area contributed by atoms with Gasteiger partial charge < -0.3 is 9.47 Å². The second-order valence-corrected chi connectivity index (χ2v) is 7.77. The van der Waals surface area contributed by atoms with Crippen molar-refractivity contribution in [3.05, 3.63) is 78.4 Å². The summed E-state index contributed by atoms with van der Waals surface area (Å²) >= 11 is 1.03. The van der Waals surface area contributed by atoms with E-state index in [1.165, 1.54) is 0 Å². The van der Waals surface area contributed by atoms with Gasteiger partial charge in [-0.3, -0.25) is 14.9 Å². The van der Waals surface area contributed by atoms with Crippen LogP contribution in [0.4, 0.5) is 4.79 Å². The molecule has 0 radical (unpaired) electrons. The molecule has 0 aliphatic carbocycles. The molecule has 3 aromatic rings. The van der Waals surface area contributed by atoms with Crippen LogP contribution in [0.2, 0.25) is 0 Å². The number of amides is 2. The first kappa shape index (κ1) is 19.1. The molecule has 5 nitrogen and oxygen atoms in total. The molecule has 1 heterocycles. The third-order valence-electron chi connectivity index (χ3n) is 4.58. The summed E-state index contributed by atoms with van der Waals surface area (Å²) in [6, 6.07) is 23.3. The lowest BCUT2D eigenvalue weighted by atomic mass is 10.1. The van der Waals surface area contributed by atoms with Crippen molar-refractivity contribution in [1.29, 1.82) is 0 Å². The lowest BCUT2D eigenvalue weighted by Gasteiger charge is -2.11. The summed E-state index contributed by atoms with van der Waals surface area (Å²) in [6.07, 6.45) is 0.478. The summed E-state index contributed by atoms with van der Waals surface area (Å²) in [5.74, 6) is 1.98. The lowest BCUT2D eigenvalue weighted by Crippen LogP contribution is -2.25. The predicted molar refractivity (Wildman–Crippen MR) is 114 cm³/mol. The molecule has 1 fully saturated rings. The second kappa shape index (κ2) is 8.41. The van der Waals surface area contributed by atoms with Gasteiger partial charge in [-0.1, -0.05) is 48.2 Å². The molecular weight excluding hydrogens is 386 g/mol. The first-order valence-electron chi connectivity index (χ1n) is 9.13. The van der Waals surface area contributed by atoms with Gasteiger partial charge in [-0.05, 0) is 59.5 Å². The molecule has 3 aromatic carbocycles. The third kappa shape index (κ3) is 4.60. The molecule has 1 saturated heterocycles. The van der Waals surface area contributed by atoms with Gasteiger partial charge >= 0.3 is 0 Å². The Kier molecular flexibility index (Phi) is 5.53. The van der Waals surface area contributed by atoms with E-state index in [9.17, 15) is 9.59 Å². The fourth-order valence-electron chi connectivity index (χ4n) is 3.14. The normalized spacial score (nSPS) is 15.8. The molecule has 29 heavy (non-hydrogen) atoms. The van der Waals surface area contributed by atoms with Crippen LogP contribution < -0.4 is 14.8 Å². The molecule has 1 atom stereocenters. The number of carbonyl (C=O) groups is 2. The zero-order valence-electron chi connectivity index (χ0n) is 15.8. The molecule has 1 aliphatic rings. The highest BCUT2D eigenvalue weighted by molar-refractivity contribution is 8.15. The van der Waals surface area contributed by atoms with Gasteiger partial charge in [0.05, 0.1) is 12.4 Å². The van der Waals surface area contributed by atoms with Crippen molar-refractivity contribution in [3.8, 4) is 28.4 Å². The molecule has 0 aromatic heterocycles. The number of nitrogens with one attached hydrogen (secondary N) is 1. The van der Waals surface area contributed by atoms with Crippen molar-refractivity contribution in [1.82, 2.24) is 5.32 Å².